The Labute approximate surface area is 135 Å². The van der Waals surface area contributed by atoms with E-state index in [-0.39, 0.29) is 36.8 Å². The van der Waals surface area contributed by atoms with Crippen LogP contribution in [-0.2, 0) is 9.53 Å². The number of nitrogens with zero attached hydrogens (tertiary/aromatic N) is 1. The van der Waals surface area contributed by atoms with E-state index in [9.17, 15) is 14.4 Å². The van der Waals surface area contributed by atoms with Crippen molar-refractivity contribution in [1.29, 1.82) is 0 Å². The van der Waals surface area contributed by atoms with Crippen molar-refractivity contribution in [3.8, 4) is 0 Å². The number of carbonyl (C=O) groups is 3. The first-order chi connectivity index (χ1) is 11.0. The van der Waals surface area contributed by atoms with Gasteiger partial charge in [-0.05, 0) is 32.4 Å². The molecule has 0 bridgehead atoms. The van der Waals surface area contributed by atoms with Crippen molar-refractivity contribution < 1.29 is 19.1 Å². The van der Waals surface area contributed by atoms with Gasteiger partial charge in [-0.25, -0.2) is 0 Å². The second kappa shape index (κ2) is 7.87. The zero-order chi connectivity index (χ0) is 16.8. The SMILES string of the molecule is CC(C)OCCCNC(=O)CCN1C(=O)c2ccccc2C1=O. The minimum atomic E-state index is -0.330. The van der Waals surface area contributed by atoms with Gasteiger partial charge in [0.1, 0.15) is 0 Å². The average Bonchev–Trinajstić information content (AvgIpc) is 2.77. The number of ether oxygens (including phenoxy) is 1. The molecule has 0 atom stereocenters. The van der Waals surface area contributed by atoms with Crippen molar-refractivity contribution in [2.75, 3.05) is 19.7 Å². The van der Waals surface area contributed by atoms with Crippen molar-refractivity contribution in [2.45, 2.75) is 32.8 Å². The van der Waals surface area contributed by atoms with E-state index in [0.29, 0.717) is 24.3 Å². The maximum Gasteiger partial charge on any atom is 0.261 e. The number of hydrogen-bond donors (Lipinski definition) is 1. The molecule has 0 unspecified atom stereocenters. The lowest BCUT2D eigenvalue weighted by Crippen LogP contribution is -2.35. The van der Waals surface area contributed by atoms with Crippen molar-refractivity contribution in [2.24, 2.45) is 0 Å². The molecule has 0 saturated carbocycles. The Morgan fingerprint density at radius 3 is 2.35 bits per heavy atom. The summed E-state index contributed by atoms with van der Waals surface area (Å²) in [6, 6.07) is 6.70. The lowest BCUT2D eigenvalue weighted by atomic mass is 10.1. The number of carbonyl (C=O) groups excluding carboxylic acids is 3. The minimum Gasteiger partial charge on any atom is -0.379 e. The number of nitrogens with one attached hydrogen (secondary N) is 1. The first kappa shape index (κ1) is 17.1. The van der Waals surface area contributed by atoms with Crippen LogP contribution in [0.5, 0.6) is 0 Å². The van der Waals surface area contributed by atoms with Gasteiger partial charge in [-0.2, -0.15) is 0 Å². The molecule has 1 aliphatic rings. The third-order valence-corrected chi connectivity index (χ3v) is 3.54. The largest absolute Gasteiger partial charge is 0.379 e. The molecule has 1 heterocycles. The number of fused-ring (bicyclic) bond motifs is 1. The van der Waals surface area contributed by atoms with E-state index in [1.165, 1.54) is 0 Å². The van der Waals surface area contributed by atoms with Gasteiger partial charge in [0.05, 0.1) is 17.2 Å². The number of rotatable bonds is 8. The van der Waals surface area contributed by atoms with E-state index in [1.807, 2.05) is 13.8 Å². The van der Waals surface area contributed by atoms with Crippen molar-refractivity contribution in [1.82, 2.24) is 10.2 Å². The third-order valence-electron chi connectivity index (χ3n) is 3.54. The molecule has 0 spiro atoms. The number of hydrogen-bond acceptors (Lipinski definition) is 4. The first-order valence-corrected chi connectivity index (χ1v) is 7.84. The molecule has 124 valence electrons. The van der Waals surface area contributed by atoms with Crippen LogP contribution in [-0.4, -0.2) is 48.4 Å². The van der Waals surface area contributed by atoms with Crippen LogP contribution >= 0.6 is 0 Å². The molecule has 3 amide bonds. The van der Waals surface area contributed by atoms with Gasteiger partial charge in [0.15, 0.2) is 0 Å². The van der Waals surface area contributed by atoms with Crippen LogP contribution < -0.4 is 5.32 Å². The second-order valence-electron chi connectivity index (χ2n) is 5.68. The molecule has 0 fully saturated rings. The number of benzene rings is 1. The standard InChI is InChI=1S/C17H22N2O4/c1-12(2)23-11-5-9-18-15(20)8-10-19-16(21)13-6-3-4-7-14(13)17(19)22/h3-4,6-7,12H,5,8-11H2,1-2H3,(H,18,20). The topological polar surface area (TPSA) is 75.7 Å². The molecule has 23 heavy (non-hydrogen) atoms. The van der Waals surface area contributed by atoms with E-state index >= 15 is 0 Å². The highest BCUT2D eigenvalue weighted by Gasteiger charge is 2.34. The molecule has 0 aliphatic carbocycles. The summed E-state index contributed by atoms with van der Waals surface area (Å²) in [5, 5.41) is 2.76. The first-order valence-electron chi connectivity index (χ1n) is 7.84. The maximum atomic E-state index is 12.1. The van der Waals surface area contributed by atoms with E-state index < -0.39 is 0 Å². The van der Waals surface area contributed by atoms with E-state index in [1.54, 1.807) is 24.3 Å². The fraction of sp³-hybridized carbons (Fsp3) is 0.471. The van der Waals surface area contributed by atoms with Gasteiger partial charge in [0, 0.05) is 26.1 Å². The molecule has 6 heteroatoms. The van der Waals surface area contributed by atoms with Crippen molar-refractivity contribution in [3.05, 3.63) is 35.4 Å². The predicted molar refractivity (Wildman–Crippen MR) is 85.1 cm³/mol. The molecule has 0 saturated heterocycles. The van der Waals surface area contributed by atoms with Gasteiger partial charge in [-0.1, -0.05) is 12.1 Å². The van der Waals surface area contributed by atoms with Crippen molar-refractivity contribution >= 4 is 17.7 Å². The van der Waals surface area contributed by atoms with Crippen LogP contribution in [0.1, 0.15) is 47.4 Å². The summed E-state index contributed by atoms with van der Waals surface area (Å²) in [5.41, 5.74) is 0.812. The van der Waals surface area contributed by atoms with Crippen molar-refractivity contribution in [3.63, 3.8) is 0 Å². The van der Waals surface area contributed by atoms with Crippen LogP contribution in [0.15, 0.2) is 24.3 Å². The summed E-state index contributed by atoms with van der Waals surface area (Å²) in [6.07, 6.45) is 1.02. The summed E-state index contributed by atoms with van der Waals surface area (Å²) in [7, 11) is 0. The number of amides is 3. The van der Waals surface area contributed by atoms with Gasteiger partial charge in [0.2, 0.25) is 5.91 Å². The van der Waals surface area contributed by atoms with Crippen LogP contribution in [0.4, 0.5) is 0 Å². The Morgan fingerprint density at radius 1 is 1.17 bits per heavy atom. The van der Waals surface area contributed by atoms with Gasteiger partial charge >= 0.3 is 0 Å². The Bertz CT molecular complexity index is 563. The quantitative estimate of drug-likeness (QED) is 0.583. The smallest absolute Gasteiger partial charge is 0.261 e. The molecular weight excluding hydrogens is 296 g/mol. The van der Waals surface area contributed by atoms with Gasteiger partial charge in [-0.15, -0.1) is 0 Å². The van der Waals surface area contributed by atoms with E-state index in [0.717, 1.165) is 11.3 Å². The number of imide groups is 1. The Kier molecular flexibility index (Phi) is 5.87. The van der Waals surface area contributed by atoms with Crippen LogP contribution in [0.2, 0.25) is 0 Å². The summed E-state index contributed by atoms with van der Waals surface area (Å²) in [4.78, 5) is 37.2. The molecule has 1 aromatic rings. The Morgan fingerprint density at radius 2 is 1.78 bits per heavy atom. The molecular formula is C17H22N2O4. The summed E-state index contributed by atoms with van der Waals surface area (Å²) in [5.74, 6) is -0.835. The Hall–Kier alpha value is -2.21. The minimum absolute atomic E-state index is 0.0979. The lowest BCUT2D eigenvalue weighted by molar-refractivity contribution is -0.121. The maximum absolute atomic E-state index is 12.1. The third kappa shape index (κ3) is 4.39. The molecule has 1 aliphatic heterocycles. The summed E-state index contributed by atoms with van der Waals surface area (Å²) < 4.78 is 5.38. The predicted octanol–water partition coefficient (Wildman–Crippen LogP) is 1.60. The van der Waals surface area contributed by atoms with E-state index in [2.05, 4.69) is 5.32 Å². The van der Waals surface area contributed by atoms with Crippen LogP contribution in [0.25, 0.3) is 0 Å². The normalized spacial score (nSPS) is 13.6. The summed E-state index contributed by atoms with van der Waals surface area (Å²) >= 11 is 0. The second-order valence-corrected chi connectivity index (χ2v) is 5.68. The highest BCUT2D eigenvalue weighted by Crippen LogP contribution is 2.22. The van der Waals surface area contributed by atoms with Crippen LogP contribution in [0.3, 0.4) is 0 Å². The Balaban J connectivity index is 1.73. The highest BCUT2D eigenvalue weighted by molar-refractivity contribution is 6.21. The monoisotopic (exact) mass is 318 g/mol. The van der Waals surface area contributed by atoms with E-state index in [4.69, 9.17) is 4.74 Å². The van der Waals surface area contributed by atoms with Gasteiger partial charge in [-0.3, -0.25) is 19.3 Å². The fourth-order valence-corrected chi connectivity index (χ4v) is 2.36. The molecule has 0 aromatic heterocycles. The zero-order valence-electron chi connectivity index (χ0n) is 13.5. The molecule has 6 nitrogen and oxygen atoms in total. The average molecular weight is 318 g/mol. The summed E-state index contributed by atoms with van der Waals surface area (Å²) in [6.45, 7) is 5.13. The molecule has 1 N–H and O–H groups in total. The fourth-order valence-electron chi connectivity index (χ4n) is 2.36. The van der Waals surface area contributed by atoms with Crippen LogP contribution in [0, 0.1) is 0 Å². The van der Waals surface area contributed by atoms with Gasteiger partial charge in [0.25, 0.3) is 11.8 Å². The highest BCUT2D eigenvalue weighted by atomic mass is 16.5. The molecule has 2 rings (SSSR count). The van der Waals surface area contributed by atoms with Gasteiger partial charge < -0.3 is 10.1 Å². The molecule has 0 radical (unpaired) electrons. The lowest BCUT2D eigenvalue weighted by Gasteiger charge is -2.13. The zero-order valence-corrected chi connectivity index (χ0v) is 13.5. The molecule has 1 aromatic carbocycles.